The first kappa shape index (κ1) is 9.64. The molecular formula is C10H13N5. The van der Waals surface area contributed by atoms with Crippen LogP contribution in [-0.2, 0) is 0 Å². The highest BCUT2D eigenvalue weighted by Gasteiger charge is 2.03. The number of aromatic amines is 1. The zero-order chi connectivity index (χ0) is 10.7. The van der Waals surface area contributed by atoms with Crippen LogP contribution in [0.15, 0.2) is 24.7 Å². The zero-order valence-electron chi connectivity index (χ0n) is 8.73. The highest BCUT2D eigenvalue weighted by Crippen LogP contribution is 2.15. The topological polar surface area (TPSA) is 66.5 Å². The number of aromatic nitrogens is 4. The summed E-state index contributed by atoms with van der Waals surface area (Å²) in [4.78, 5) is 8.30. The smallest absolute Gasteiger partial charge is 0.130 e. The van der Waals surface area contributed by atoms with Crippen LogP contribution in [0.5, 0.6) is 0 Å². The van der Waals surface area contributed by atoms with Gasteiger partial charge in [0.2, 0.25) is 0 Å². The molecule has 0 aromatic carbocycles. The van der Waals surface area contributed by atoms with Gasteiger partial charge < -0.3 is 5.32 Å². The molecule has 0 spiro atoms. The number of nitrogens with zero attached hydrogens (tertiary/aromatic N) is 3. The summed E-state index contributed by atoms with van der Waals surface area (Å²) in [6.45, 7) is 4.13. The van der Waals surface area contributed by atoms with E-state index < -0.39 is 0 Å². The van der Waals surface area contributed by atoms with Gasteiger partial charge in [0.25, 0.3) is 0 Å². The van der Waals surface area contributed by atoms with Crippen LogP contribution in [0.25, 0.3) is 11.4 Å². The quantitative estimate of drug-likeness (QED) is 0.796. The molecule has 5 nitrogen and oxygen atoms in total. The number of nitrogens with one attached hydrogen (secondary N) is 2. The zero-order valence-corrected chi connectivity index (χ0v) is 8.73. The molecule has 5 heteroatoms. The Kier molecular flexibility index (Phi) is 2.62. The third-order valence-electron chi connectivity index (χ3n) is 1.88. The van der Waals surface area contributed by atoms with Gasteiger partial charge in [-0.1, -0.05) is 0 Å². The summed E-state index contributed by atoms with van der Waals surface area (Å²) in [7, 11) is 0. The van der Waals surface area contributed by atoms with E-state index in [9.17, 15) is 0 Å². The Hall–Kier alpha value is -1.91. The van der Waals surface area contributed by atoms with Gasteiger partial charge in [-0.3, -0.25) is 5.10 Å². The maximum absolute atomic E-state index is 4.17. The average molecular weight is 203 g/mol. The van der Waals surface area contributed by atoms with E-state index >= 15 is 0 Å². The average Bonchev–Trinajstić information content (AvgIpc) is 2.69. The van der Waals surface area contributed by atoms with Crippen molar-refractivity contribution in [1.29, 1.82) is 0 Å². The highest BCUT2D eigenvalue weighted by molar-refractivity contribution is 5.57. The van der Waals surface area contributed by atoms with Gasteiger partial charge in [0.1, 0.15) is 12.1 Å². The lowest BCUT2D eigenvalue weighted by molar-refractivity contribution is 0.886. The van der Waals surface area contributed by atoms with E-state index in [4.69, 9.17) is 0 Å². The molecule has 0 saturated heterocycles. The molecule has 0 atom stereocenters. The molecule has 2 aromatic heterocycles. The fourth-order valence-corrected chi connectivity index (χ4v) is 1.28. The van der Waals surface area contributed by atoms with Crippen molar-refractivity contribution in [1.82, 2.24) is 20.2 Å². The molecule has 2 aromatic rings. The second kappa shape index (κ2) is 4.08. The first-order chi connectivity index (χ1) is 7.25. The van der Waals surface area contributed by atoms with Gasteiger partial charge in [0.15, 0.2) is 0 Å². The van der Waals surface area contributed by atoms with E-state index in [2.05, 4.69) is 39.3 Å². The molecule has 0 aliphatic carbocycles. The normalized spacial score (nSPS) is 10.6. The van der Waals surface area contributed by atoms with Gasteiger partial charge in [0, 0.05) is 18.3 Å². The lowest BCUT2D eigenvalue weighted by atomic mass is 10.3. The Morgan fingerprint density at radius 1 is 1.33 bits per heavy atom. The Bertz CT molecular complexity index is 421. The lowest BCUT2D eigenvalue weighted by Crippen LogP contribution is -2.11. The maximum Gasteiger partial charge on any atom is 0.130 e. The first-order valence-electron chi connectivity index (χ1n) is 4.84. The van der Waals surface area contributed by atoms with E-state index in [0.717, 1.165) is 17.2 Å². The second-order valence-corrected chi connectivity index (χ2v) is 3.56. The van der Waals surface area contributed by atoms with E-state index in [0.29, 0.717) is 6.04 Å². The molecule has 2 N–H and O–H groups in total. The Labute approximate surface area is 88.0 Å². The van der Waals surface area contributed by atoms with Crippen LogP contribution >= 0.6 is 0 Å². The molecule has 0 fully saturated rings. The summed E-state index contributed by atoms with van der Waals surface area (Å²) in [6.07, 6.45) is 3.24. The monoisotopic (exact) mass is 203 g/mol. The van der Waals surface area contributed by atoms with E-state index in [-0.39, 0.29) is 0 Å². The molecule has 15 heavy (non-hydrogen) atoms. The molecule has 0 bridgehead atoms. The number of H-pyrrole nitrogens is 1. The van der Waals surface area contributed by atoms with Gasteiger partial charge in [-0.15, -0.1) is 0 Å². The molecule has 2 rings (SSSR count). The number of hydrogen-bond acceptors (Lipinski definition) is 4. The fraction of sp³-hybridized carbons (Fsp3) is 0.300. The van der Waals surface area contributed by atoms with Crippen molar-refractivity contribution in [3.8, 4) is 11.4 Å². The molecule has 0 unspecified atom stereocenters. The van der Waals surface area contributed by atoms with Crippen LogP contribution in [-0.4, -0.2) is 26.2 Å². The minimum Gasteiger partial charge on any atom is -0.368 e. The van der Waals surface area contributed by atoms with Crippen molar-refractivity contribution >= 4 is 5.82 Å². The number of hydrogen-bond donors (Lipinski definition) is 2. The summed E-state index contributed by atoms with van der Waals surface area (Å²) < 4.78 is 0. The van der Waals surface area contributed by atoms with Crippen LogP contribution < -0.4 is 5.32 Å². The van der Waals surface area contributed by atoms with Gasteiger partial charge in [-0.2, -0.15) is 5.10 Å². The number of rotatable bonds is 3. The minimum absolute atomic E-state index is 0.356. The molecular weight excluding hydrogens is 190 g/mol. The summed E-state index contributed by atoms with van der Waals surface area (Å²) in [5, 5.41) is 9.97. The Balaban J connectivity index is 2.27. The van der Waals surface area contributed by atoms with Gasteiger partial charge in [0.05, 0.1) is 11.4 Å². The van der Waals surface area contributed by atoms with E-state index in [1.54, 1.807) is 12.5 Å². The van der Waals surface area contributed by atoms with Crippen LogP contribution in [0, 0.1) is 0 Å². The molecule has 0 saturated carbocycles. The summed E-state index contributed by atoms with van der Waals surface area (Å²) in [6, 6.07) is 4.13. The summed E-state index contributed by atoms with van der Waals surface area (Å²) >= 11 is 0. The molecule has 0 aliphatic heterocycles. The Morgan fingerprint density at radius 3 is 2.87 bits per heavy atom. The first-order valence-corrected chi connectivity index (χ1v) is 4.84. The minimum atomic E-state index is 0.356. The van der Waals surface area contributed by atoms with Gasteiger partial charge in [-0.25, -0.2) is 9.97 Å². The predicted octanol–water partition coefficient (Wildman–Crippen LogP) is 1.69. The van der Waals surface area contributed by atoms with Crippen LogP contribution in [0.2, 0.25) is 0 Å². The van der Waals surface area contributed by atoms with Crippen molar-refractivity contribution in [2.45, 2.75) is 19.9 Å². The number of anilines is 1. The molecule has 78 valence electrons. The van der Waals surface area contributed by atoms with E-state index in [1.807, 2.05) is 12.1 Å². The Morgan fingerprint density at radius 2 is 2.20 bits per heavy atom. The third-order valence-corrected chi connectivity index (χ3v) is 1.88. The van der Waals surface area contributed by atoms with Crippen molar-refractivity contribution in [2.75, 3.05) is 5.32 Å². The highest BCUT2D eigenvalue weighted by atomic mass is 15.1. The van der Waals surface area contributed by atoms with Gasteiger partial charge in [-0.05, 0) is 19.9 Å². The third kappa shape index (κ3) is 2.31. The van der Waals surface area contributed by atoms with Crippen LogP contribution in [0.3, 0.4) is 0 Å². The van der Waals surface area contributed by atoms with Crippen LogP contribution in [0.1, 0.15) is 13.8 Å². The second-order valence-electron chi connectivity index (χ2n) is 3.56. The SMILES string of the molecule is CC(C)Nc1cc(-c2ccn[nH]2)ncn1. The molecule has 0 aliphatic rings. The fourth-order valence-electron chi connectivity index (χ4n) is 1.28. The summed E-state index contributed by atoms with van der Waals surface area (Å²) in [5.74, 6) is 0.824. The van der Waals surface area contributed by atoms with Crippen LogP contribution in [0.4, 0.5) is 5.82 Å². The summed E-state index contributed by atoms with van der Waals surface area (Å²) in [5.41, 5.74) is 1.73. The van der Waals surface area contributed by atoms with Gasteiger partial charge >= 0.3 is 0 Å². The molecule has 0 amide bonds. The predicted molar refractivity (Wildman–Crippen MR) is 58.4 cm³/mol. The standard InChI is InChI=1S/C10H13N5/c1-7(2)14-10-5-9(11-6-12-10)8-3-4-13-15-8/h3-7H,1-2H3,(H,13,15)(H,11,12,14). The molecule has 0 radical (unpaired) electrons. The maximum atomic E-state index is 4.17. The lowest BCUT2D eigenvalue weighted by Gasteiger charge is -2.08. The van der Waals surface area contributed by atoms with Crippen molar-refractivity contribution in [3.63, 3.8) is 0 Å². The van der Waals surface area contributed by atoms with Crippen molar-refractivity contribution < 1.29 is 0 Å². The molecule has 2 heterocycles. The van der Waals surface area contributed by atoms with Crippen molar-refractivity contribution in [2.24, 2.45) is 0 Å². The van der Waals surface area contributed by atoms with E-state index in [1.165, 1.54) is 0 Å². The largest absolute Gasteiger partial charge is 0.368 e. The van der Waals surface area contributed by atoms with Crippen molar-refractivity contribution in [3.05, 3.63) is 24.7 Å².